The standard InChI is InChI=1S/C23H30N2O/c1-18-7-6-14-25(16-18)17-20-10-12-22(13-11-20)23(26)24-15-19(2)21-8-4-3-5-9-21/h3-5,8-13,18-19H,6-7,14-17H2,1-2H3,(H,24,26)/t18-,19-/m0/s1. The summed E-state index contributed by atoms with van der Waals surface area (Å²) in [5.41, 5.74) is 3.27. The molecule has 3 nitrogen and oxygen atoms in total. The second-order valence-corrected chi connectivity index (χ2v) is 7.70. The lowest BCUT2D eigenvalue weighted by molar-refractivity contribution is 0.0951. The first-order valence-corrected chi connectivity index (χ1v) is 9.76. The molecule has 1 aliphatic heterocycles. The molecule has 26 heavy (non-hydrogen) atoms. The second kappa shape index (κ2) is 9.00. The van der Waals surface area contributed by atoms with Crippen LogP contribution < -0.4 is 5.32 Å². The van der Waals surface area contributed by atoms with Crippen LogP contribution in [0.2, 0.25) is 0 Å². The smallest absolute Gasteiger partial charge is 0.251 e. The van der Waals surface area contributed by atoms with E-state index in [4.69, 9.17) is 0 Å². The lowest BCUT2D eigenvalue weighted by Gasteiger charge is -2.30. The number of hydrogen-bond acceptors (Lipinski definition) is 2. The molecule has 0 bridgehead atoms. The second-order valence-electron chi connectivity index (χ2n) is 7.70. The van der Waals surface area contributed by atoms with Gasteiger partial charge in [0.1, 0.15) is 0 Å². The van der Waals surface area contributed by atoms with Crippen LogP contribution in [0.4, 0.5) is 0 Å². The Labute approximate surface area is 157 Å². The molecule has 2 aromatic carbocycles. The summed E-state index contributed by atoms with van der Waals surface area (Å²) in [6, 6.07) is 18.4. The van der Waals surface area contributed by atoms with Gasteiger partial charge in [0.25, 0.3) is 5.91 Å². The van der Waals surface area contributed by atoms with E-state index in [2.05, 4.69) is 48.3 Å². The zero-order valence-electron chi connectivity index (χ0n) is 15.9. The van der Waals surface area contributed by atoms with Crippen LogP contribution in [-0.2, 0) is 6.54 Å². The quantitative estimate of drug-likeness (QED) is 0.835. The van der Waals surface area contributed by atoms with Crippen LogP contribution in [0.3, 0.4) is 0 Å². The molecule has 0 radical (unpaired) electrons. The van der Waals surface area contributed by atoms with E-state index in [0.717, 1.165) is 18.0 Å². The lowest BCUT2D eigenvalue weighted by atomic mass is 9.99. The van der Waals surface area contributed by atoms with Gasteiger partial charge in [-0.2, -0.15) is 0 Å². The normalized spacial score (nSPS) is 19.1. The van der Waals surface area contributed by atoms with Gasteiger partial charge in [0.05, 0.1) is 0 Å². The number of rotatable bonds is 6. The third kappa shape index (κ3) is 5.18. The van der Waals surface area contributed by atoms with Gasteiger partial charge in [-0.3, -0.25) is 9.69 Å². The Kier molecular flexibility index (Phi) is 6.45. The molecule has 0 spiro atoms. The number of hydrogen-bond donors (Lipinski definition) is 1. The van der Waals surface area contributed by atoms with E-state index < -0.39 is 0 Å². The first kappa shape index (κ1) is 18.7. The van der Waals surface area contributed by atoms with E-state index in [-0.39, 0.29) is 5.91 Å². The minimum atomic E-state index is 0.00549. The molecule has 3 rings (SSSR count). The summed E-state index contributed by atoms with van der Waals surface area (Å²) in [4.78, 5) is 14.9. The van der Waals surface area contributed by atoms with Gasteiger partial charge < -0.3 is 5.32 Å². The van der Waals surface area contributed by atoms with Crippen LogP contribution in [0.15, 0.2) is 54.6 Å². The van der Waals surface area contributed by atoms with Crippen molar-refractivity contribution < 1.29 is 4.79 Å². The molecule has 3 heteroatoms. The zero-order valence-corrected chi connectivity index (χ0v) is 15.9. The summed E-state index contributed by atoms with van der Waals surface area (Å²) in [5.74, 6) is 1.10. The summed E-state index contributed by atoms with van der Waals surface area (Å²) in [7, 11) is 0. The van der Waals surface area contributed by atoms with E-state index in [9.17, 15) is 4.79 Å². The Bertz CT molecular complexity index is 696. The van der Waals surface area contributed by atoms with Gasteiger partial charge in [-0.05, 0) is 54.5 Å². The molecule has 0 aliphatic carbocycles. The maximum absolute atomic E-state index is 12.4. The van der Waals surface area contributed by atoms with E-state index in [0.29, 0.717) is 12.5 Å². The topological polar surface area (TPSA) is 32.3 Å². The molecule has 138 valence electrons. The first-order chi connectivity index (χ1) is 12.6. The van der Waals surface area contributed by atoms with Gasteiger partial charge in [-0.15, -0.1) is 0 Å². The Morgan fingerprint density at radius 1 is 1.15 bits per heavy atom. The van der Waals surface area contributed by atoms with Gasteiger partial charge in [-0.1, -0.05) is 56.3 Å². The number of nitrogens with zero attached hydrogens (tertiary/aromatic N) is 1. The maximum Gasteiger partial charge on any atom is 0.251 e. The van der Waals surface area contributed by atoms with Crippen LogP contribution in [0.1, 0.15) is 54.1 Å². The van der Waals surface area contributed by atoms with Gasteiger partial charge in [0.2, 0.25) is 0 Å². The number of likely N-dealkylation sites (tertiary alicyclic amines) is 1. The summed E-state index contributed by atoms with van der Waals surface area (Å²) in [5, 5.41) is 3.05. The Morgan fingerprint density at radius 2 is 1.88 bits per heavy atom. The van der Waals surface area contributed by atoms with Gasteiger partial charge >= 0.3 is 0 Å². The maximum atomic E-state index is 12.4. The van der Waals surface area contributed by atoms with Crippen molar-refractivity contribution in [3.63, 3.8) is 0 Å². The van der Waals surface area contributed by atoms with E-state index in [1.807, 2.05) is 30.3 Å². The van der Waals surface area contributed by atoms with Crippen LogP contribution in [-0.4, -0.2) is 30.4 Å². The predicted molar refractivity (Wildman–Crippen MR) is 107 cm³/mol. The number of carbonyl (C=O) groups excluding carboxylic acids is 1. The molecule has 0 saturated carbocycles. The fraction of sp³-hybridized carbons (Fsp3) is 0.435. The van der Waals surface area contributed by atoms with Crippen molar-refractivity contribution in [1.29, 1.82) is 0 Å². The van der Waals surface area contributed by atoms with Gasteiger partial charge in [0, 0.05) is 25.2 Å². The molecule has 1 N–H and O–H groups in total. The van der Waals surface area contributed by atoms with Crippen molar-refractivity contribution in [3.8, 4) is 0 Å². The van der Waals surface area contributed by atoms with Crippen molar-refractivity contribution in [2.45, 2.75) is 39.2 Å². The van der Waals surface area contributed by atoms with Crippen LogP contribution >= 0.6 is 0 Å². The van der Waals surface area contributed by atoms with Crippen molar-refractivity contribution in [1.82, 2.24) is 10.2 Å². The summed E-state index contributed by atoms with van der Waals surface area (Å²) >= 11 is 0. The number of benzene rings is 2. The molecule has 1 saturated heterocycles. The third-order valence-corrected chi connectivity index (χ3v) is 5.30. The van der Waals surface area contributed by atoms with Crippen molar-refractivity contribution >= 4 is 5.91 Å². The largest absolute Gasteiger partial charge is 0.351 e. The molecule has 0 unspecified atom stereocenters. The molecule has 2 atom stereocenters. The molecule has 1 fully saturated rings. The van der Waals surface area contributed by atoms with E-state index in [1.54, 1.807) is 0 Å². The van der Waals surface area contributed by atoms with Crippen LogP contribution in [0.25, 0.3) is 0 Å². The summed E-state index contributed by atoms with van der Waals surface area (Å²) in [6.45, 7) is 8.46. The average Bonchev–Trinajstić information content (AvgIpc) is 2.67. The van der Waals surface area contributed by atoms with Crippen LogP contribution in [0.5, 0.6) is 0 Å². The molecular formula is C23H30N2O. The predicted octanol–water partition coefficient (Wildman–Crippen LogP) is 4.45. The Hall–Kier alpha value is -2.13. The van der Waals surface area contributed by atoms with Crippen molar-refractivity contribution in [2.75, 3.05) is 19.6 Å². The fourth-order valence-electron chi connectivity index (χ4n) is 3.70. The van der Waals surface area contributed by atoms with Gasteiger partial charge in [0.15, 0.2) is 0 Å². The molecule has 2 aromatic rings. The highest BCUT2D eigenvalue weighted by Gasteiger charge is 2.16. The number of piperidine rings is 1. The minimum absolute atomic E-state index is 0.00549. The Balaban J connectivity index is 1.50. The lowest BCUT2D eigenvalue weighted by Crippen LogP contribution is -2.33. The van der Waals surface area contributed by atoms with Crippen molar-refractivity contribution in [3.05, 3.63) is 71.3 Å². The SMILES string of the molecule is C[C@H]1CCCN(Cc2ccc(C(=O)NC[C@H](C)c3ccccc3)cc2)C1. The average molecular weight is 351 g/mol. The van der Waals surface area contributed by atoms with Crippen LogP contribution in [0, 0.1) is 5.92 Å². The molecular weight excluding hydrogens is 320 g/mol. The highest BCUT2D eigenvalue weighted by atomic mass is 16.1. The number of carbonyl (C=O) groups is 1. The first-order valence-electron chi connectivity index (χ1n) is 9.76. The molecule has 0 aromatic heterocycles. The van der Waals surface area contributed by atoms with E-state index >= 15 is 0 Å². The molecule has 1 amide bonds. The molecule has 1 aliphatic rings. The zero-order chi connectivity index (χ0) is 18.4. The highest BCUT2D eigenvalue weighted by molar-refractivity contribution is 5.94. The highest BCUT2D eigenvalue weighted by Crippen LogP contribution is 2.18. The summed E-state index contributed by atoms with van der Waals surface area (Å²) in [6.07, 6.45) is 2.64. The van der Waals surface area contributed by atoms with Crippen molar-refractivity contribution in [2.24, 2.45) is 5.92 Å². The summed E-state index contributed by atoms with van der Waals surface area (Å²) < 4.78 is 0. The van der Waals surface area contributed by atoms with Gasteiger partial charge in [-0.25, -0.2) is 0 Å². The number of nitrogens with one attached hydrogen (secondary N) is 1. The Morgan fingerprint density at radius 3 is 2.58 bits per heavy atom. The fourth-order valence-corrected chi connectivity index (χ4v) is 3.70. The monoisotopic (exact) mass is 350 g/mol. The number of amides is 1. The molecule has 1 heterocycles. The minimum Gasteiger partial charge on any atom is -0.351 e. The van der Waals surface area contributed by atoms with E-state index in [1.165, 1.54) is 37.1 Å². The third-order valence-electron chi connectivity index (χ3n) is 5.30.